The summed E-state index contributed by atoms with van der Waals surface area (Å²) < 4.78 is 0. The monoisotopic (exact) mass is 281 g/mol. The third-order valence-corrected chi connectivity index (χ3v) is 1.48. The molecule has 1 aromatic rings. The van der Waals surface area contributed by atoms with Gasteiger partial charge >= 0.3 is 51.4 Å². The van der Waals surface area contributed by atoms with Crippen LogP contribution in [0, 0.1) is 10.1 Å². The summed E-state index contributed by atoms with van der Waals surface area (Å²) in [5.41, 5.74) is 5.66. The number of oxime groups is 1. The average molecular weight is 281 g/mol. The van der Waals surface area contributed by atoms with Crippen LogP contribution in [0.1, 0.15) is 5.56 Å². The number of nitro groups is 1. The molecule has 0 fully saturated rings. The van der Waals surface area contributed by atoms with Crippen molar-refractivity contribution in [2.75, 3.05) is 0 Å². The Kier molecular flexibility index (Phi) is 10.4. The van der Waals surface area contributed by atoms with Crippen molar-refractivity contribution in [3.8, 4) is 0 Å². The molecule has 9 nitrogen and oxygen atoms in total. The molecule has 0 radical (unpaired) electrons. The maximum atomic E-state index is 10.2. The van der Waals surface area contributed by atoms with Crippen LogP contribution in [0.5, 0.6) is 0 Å². The Morgan fingerprint density at radius 3 is 2.00 bits per heavy atom. The van der Waals surface area contributed by atoms with Gasteiger partial charge in [0.2, 0.25) is 6.16 Å². The number of amidine groups is 1. The normalized spacial score (nSPS) is 9.44. The van der Waals surface area contributed by atoms with Crippen LogP contribution < -0.4 is 62.2 Å². The van der Waals surface area contributed by atoms with Gasteiger partial charge in [-0.05, 0) is 12.1 Å². The Balaban J connectivity index is 0. The molecule has 0 aliphatic carbocycles. The third-order valence-electron chi connectivity index (χ3n) is 1.48. The van der Waals surface area contributed by atoms with E-state index in [1.807, 2.05) is 0 Å². The van der Waals surface area contributed by atoms with Crippen molar-refractivity contribution < 1.29 is 76.5 Å². The molecule has 0 bridgehead atoms. The van der Waals surface area contributed by atoms with E-state index in [1.54, 1.807) is 0 Å². The second-order valence-corrected chi connectivity index (χ2v) is 2.56. The maximum absolute atomic E-state index is 10.2. The minimum Gasteiger partial charge on any atom is -0.565 e. The smallest absolute Gasteiger partial charge is 0.565 e. The molecule has 1 rings (SSSR count). The molecule has 0 atom stereocenters. The zero-order valence-electron chi connectivity index (χ0n) is 9.31. The van der Waals surface area contributed by atoms with E-state index in [9.17, 15) is 10.1 Å². The molecular formula is C8H8KN3O6. The quantitative estimate of drug-likeness (QED) is 0.127. The Labute approximate surface area is 143 Å². The van der Waals surface area contributed by atoms with E-state index in [4.69, 9.17) is 25.9 Å². The van der Waals surface area contributed by atoms with Crippen molar-refractivity contribution in [2.24, 2.45) is 10.9 Å². The van der Waals surface area contributed by atoms with Crippen molar-refractivity contribution in [1.29, 1.82) is 0 Å². The fourth-order valence-electron chi connectivity index (χ4n) is 0.812. The van der Waals surface area contributed by atoms with Gasteiger partial charge in [0.1, 0.15) is 0 Å². The van der Waals surface area contributed by atoms with E-state index in [2.05, 4.69) is 5.16 Å². The molecule has 0 unspecified atom stereocenters. The fraction of sp³-hybridized carbons (Fsp3) is 0. The minimum atomic E-state index is -2.08. The second kappa shape index (κ2) is 9.79. The average Bonchev–Trinajstić information content (AvgIpc) is 2.27. The Bertz CT molecular complexity index is 429. The third kappa shape index (κ3) is 7.97. The van der Waals surface area contributed by atoms with Crippen LogP contribution in [-0.4, -0.2) is 27.2 Å². The number of non-ortho nitro benzene ring substituents is 1. The molecule has 0 heterocycles. The fourth-order valence-corrected chi connectivity index (χ4v) is 0.812. The summed E-state index contributed by atoms with van der Waals surface area (Å²) in [6.07, 6.45) is -2.08. The number of rotatable bonds is 2. The predicted molar refractivity (Wildman–Crippen MR) is 53.6 cm³/mol. The number of nitro benzene ring substituents is 1. The van der Waals surface area contributed by atoms with Crippen LogP contribution in [0.15, 0.2) is 29.4 Å². The Morgan fingerprint density at radius 1 is 1.33 bits per heavy atom. The topological polar surface area (TPSA) is 162 Å². The van der Waals surface area contributed by atoms with Gasteiger partial charge in [0.05, 0.1) is 4.92 Å². The number of hydrogen-bond donors (Lipinski definition) is 3. The molecular weight excluding hydrogens is 273 g/mol. The summed E-state index contributed by atoms with van der Waals surface area (Å²) in [6, 6.07) is 5.39. The van der Waals surface area contributed by atoms with Crippen LogP contribution in [0.4, 0.5) is 10.5 Å². The number of benzene rings is 1. The first-order valence-electron chi connectivity index (χ1n) is 4.00. The summed E-state index contributed by atoms with van der Waals surface area (Å²) in [5.74, 6) is -0.0742. The number of nitrogens with two attached hydrogens (primary N) is 1. The standard InChI is InChI=1S/C7H7N3O3.CH2O3.K/c8-7(9-11)5-1-3-6(4-2-5)10(12)13;2-1(3)4;/h1-4,11H,(H2,8,9);(H2,2,3,4);/q;;+1/p-1. The van der Waals surface area contributed by atoms with E-state index < -0.39 is 11.1 Å². The van der Waals surface area contributed by atoms with E-state index in [-0.39, 0.29) is 62.9 Å². The zero-order chi connectivity index (χ0) is 13.4. The molecule has 0 aliphatic heterocycles. The molecule has 0 aromatic heterocycles. The molecule has 18 heavy (non-hydrogen) atoms. The summed E-state index contributed by atoms with van der Waals surface area (Å²) in [5, 5.41) is 36.6. The first kappa shape index (κ1) is 19.1. The van der Waals surface area contributed by atoms with Crippen molar-refractivity contribution in [1.82, 2.24) is 0 Å². The van der Waals surface area contributed by atoms with Gasteiger partial charge in [0.25, 0.3) is 5.69 Å². The largest absolute Gasteiger partial charge is 1.00 e. The van der Waals surface area contributed by atoms with Crippen LogP contribution in [0.25, 0.3) is 0 Å². The molecule has 0 aliphatic rings. The number of carboxylic acid groups (broad SMARTS) is 2. The molecule has 92 valence electrons. The SMILES string of the molecule is N/C(=N\O)c1ccc([N+](=O)[O-])cc1.O=C([O-])O.[K+]. The van der Waals surface area contributed by atoms with Gasteiger partial charge in [-0.2, -0.15) is 0 Å². The van der Waals surface area contributed by atoms with Gasteiger partial charge in [-0.15, -0.1) is 0 Å². The van der Waals surface area contributed by atoms with Crippen molar-refractivity contribution in [3.63, 3.8) is 0 Å². The summed E-state index contributed by atoms with van der Waals surface area (Å²) in [4.78, 5) is 18.2. The van der Waals surface area contributed by atoms with E-state index >= 15 is 0 Å². The van der Waals surface area contributed by atoms with Crippen molar-refractivity contribution in [3.05, 3.63) is 39.9 Å². The molecule has 1 aromatic carbocycles. The van der Waals surface area contributed by atoms with E-state index in [1.165, 1.54) is 24.3 Å². The number of carbonyl (C=O) groups is 1. The van der Waals surface area contributed by atoms with Gasteiger partial charge in [-0.1, -0.05) is 5.16 Å². The van der Waals surface area contributed by atoms with E-state index in [0.717, 1.165) is 0 Å². The summed E-state index contributed by atoms with van der Waals surface area (Å²) >= 11 is 0. The van der Waals surface area contributed by atoms with Gasteiger partial charge in [0, 0.05) is 17.7 Å². The molecule has 0 saturated heterocycles. The Hall–Kier alpha value is -1.20. The first-order valence-corrected chi connectivity index (χ1v) is 4.00. The van der Waals surface area contributed by atoms with Gasteiger partial charge in [0.15, 0.2) is 5.84 Å². The minimum absolute atomic E-state index is 0. The molecule has 10 heteroatoms. The first-order chi connectivity index (χ1) is 7.88. The van der Waals surface area contributed by atoms with Gasteiger partial charge in [-0.3, -0.25) is 10.1 Å². The predicted octanol–water partition coefficient (Wildman–Crippen LogP) is -3.42. The zero-order valence-corrected chi connectivity index (χ0v) is 12.4. The molecule has 0 amide bonds. The summed E-state index contributed by atoms with van der Waals surface area (Å²) in [6.45, 7) is 0. The van der Waals surface area contributed by atoms with Crippen LogP contribution in [0.2, 0.25) is 0 Å². The summed E-state index contributed by atoms with van der Waals surface area (Å²) in [7, 11) is 0. The van der Waals surface area contributed by atoms with Gasteiger partial charge in [-0.25, -0.2) is 0 Å². The van der Waals surface area contributed by atoms with Crippen molar-refractivity contribution >= 4 is 17.7 Å². The van der Waals surface area contributed by atoms with Crippen LogP contribution in [-0.2, 0) is 0 Å². The van der Waals surface area contributed by atoms with Crippen molar-refractivity contribution in [2.45, 2.75) is 0 Å². The number of nitrogens with zero attached hydrogens (tertiary/aromatic N) is 2. The number of hydrogen-bond acceptors (Lipinski definition) is 6. The van der Waals surface area contributed by atoms with Crippen LogP contribution >= 0.6 is 0 Å². The van der Waals surface area contributed by atoms with Gasteiger partial charge < -0.3 is 25.9 Å². The maximum Gasteiger partial charge on any atom is 1.00 e. The second-order valence-electron chi connectivity index (χ2n) is 2.56. The Morgan fingerprint density at radius 2 is 1.72 bits per heavy atom. The molecule has 0 saturated carbocycles. The molecule has 4 N–H and O–H groups in total. The van der Waals surface area contributed by atoms with E-state index in [0.29, 0.717) is 5.56 Å². The van der Waals surface area contributed by atoms with Crippen LogP contribution in [0.3, 0.4) is 0 Å². The molecule has 0 spiro atoms.